The fraction of sp³-hybridized carbons (Fsp3) is 0.600. The van der Waals surface area contributed by atoms with Crippen molar-refractivity contribution >= 4 is 16.6 Å². The van der Waals surface area contributed by atoms with E-state index in [1.807, 2.05) is 0 Å². The molecule has 0 radical (unpaired) electrons. The Balaban J connectivity index is 4.04. The summed E-state index contributed by atoms with van der Waals surface area (Å²) in [5.74, 6) is 0.551. The van der Waals surface area contributed by atoms with Gasteiger partial charge in [0.25, 0.3) is 11.9 Å². The number of rotatable bonds is 6. The molecule has 88 valence electrons. The number of hydrogen-bond acceptors (Lipinski definition) is 3. The lowest BCUT2D eigenvalue weighted by Gasteiger charge is -2.24. The van der Waals surface area contributed by atoms with Crippen LogP contribution in [-0.4, -0.2) is 16.6 Å². The molecule has 0 unspecified atom stereocenters. The van der Waals surface area contributed by atoms with E-state index in [9.17, 15) is 0 Å². The monoisotopic (exact) mass is 246 g/mol. The molecular formula is C10H22O3Si2. The third-order valence-corrected chi connectivity index (χ3v) is 2.75. The molecule has 0 aliphatic heterocycles. The molecule has 15 heavy (non-hydrogen) atoms. The summed E-state index contributed by atoms with van der Waals surface area (Å²) in [4.78, 5) is 0. The van der Waals surface area contributed by atoms with Gasteiger partial charge in [-0.2, -0.15) is 0 Å². The van der Waals surface area contributed by atoms with Crippen molar-refractivity contribution in [3.63, 3.8) is 0 Å². The van der Waals surface area contributed by atoms with Crippen molar-refractivity contribution in [3.05, 3.63) is 25.0 Å². The Morgan fingerprint density at radius 3 is 1.20 bits per heavy atom. The predicted octanol–water partition coefficient (Wildman–Crippen LogP) is 3.65. The Hall–Kier alpha value is -0.686. The van der Waals surface area contributed by atoms with E-state index < -0.39 is 16.6 Å². The standard InChI is InChI=1S/C10H22O3Si2/c1-9(12-14(3,4)5)11-10(2)13-15(6,7)8/h1-2H2,3-8H3. The smallest absolute Gasteiger partial charge is 0.266 e. The first-order valence-electron chi connectivity index (χ1n) is 4.93. The highest BCUT2D eigenvalue weighted by Crippen LogP contribution is 2.16. The minimum Gasteiger partial charge on any atom is -0.520 e. The normalized spacial score (nSPS) is 11.9. The molecule has 0 aromatic rings. The minimum atomic E-state index is -1.66. The zero-order valence-electron chi connectivity index (χ0n) is 10.6. The molecule has 0 aromatic heterocycles. The molecular weight excluding hydrogens is 224 g/mol. The average molecular weight is 246 g/mol. The van der Waals surface area contributed by atoms with Crippen molar-refractivity contribution in [2.75, 3.05) is 0 Å². The van der Waals surface area contributed by atoms with E-state index in [4.69, 9.17) is 13.6 Å². The fourth-order valence-electron chi connectivity index (χ4n) is 0.852. The van der Waals surface area contributed by atoms with Crippen molar-refractivity contribution in [2.24, 2.45) is 0 Å². The Bertz CT molecular complexity index is 222. The summed E-state index contributed by atoms with van der Waals surface area (Å²) in [5, 5.41) is 0. The van der Waals surface area contributed by atoms with Gasteiger partial charge in [-0.15, -0.1) is 0 Å². The van der Waals surface area contributed by atoms with Crippen molar-refractivity contribution in [2.45, 2.75) is 39.3 Å². The molecule has 0 spiro atoms. The van der Waals surface area contributed by atoms with E-state index in [0.29, 0.717) is 0 Å². The van der Waals surface area contributed by atoms with Crippen LogP contribution in [0.15, 0.2) is 25.0 Å². The summed E-state index contributed by atoms with van der Waals surface area (Å²) in [6.07, 6.45) is 0. The third kappa shape index (κ3) is 9.61. The van der Waals surface area contributed by atoms with Crippen LogP contribution < -0.4 is 0 Å². The van der Waals surface area contributed by atoms with E-state index >= 15 is 0 Å². The first-order valence-corrected chi connectivity index (χ1v) is 11.7. The molecule has 0 fully saturated rings. The second kappa shape index (κ2) is 4.89. The van der Waals surface area contributed by atoms with Crippen molar-refractivity contribution in [3.8, 4) is 0 Å². The van der Waals surface area contributed by atoms with Crippen LogP contribution in [0.1, 0.15) is 0 Å². The van der Waals surface area contributed by atoms with Gasteiger partial charge in [0.05, 0.1) is 0 Å². The van der Waals surface area contributed by atoms with Gasteiger partial charge in [-0.25, -0.2) is 0 Å². The van der Waals surface area contributed by atoms with Crippen LogP contribution in [0, 0.1) is 0 Å². The zero-order chi connectivity index (χ0) is 12.3. The lowest BCUT2D eigenvalue weighted by atomic mass is 10.9. The van der Waals surface area contributed by atoms with Crippen LogP contribution in [-0.2, 0) is 13.6 Å². The first kappa shape index (κ1) is 14.3. The van der Waals surface area contributed by atoms with Crippen LogP contribution in [0.5, 0.6) is 0 Å². The SMILES string of the molecule is C=C(OC(=C)O[Si](C)(C)C)O[Si](C)(C)C. The topological polar surface area (TPSA) is 27.7 Å². The average Bonchev–Trinajstić information content (AvgIpc) is 1.73. The van der Waals surface area contributed by atoms with Crippen molar-refractivity contribution in [1.29, 1.82) is 0 Å². The number of hydrogen-bond donors (Lipinski definition) is 0. The van der Waals surface area contributed by atoms with Gasteiger partial charge < -0.3 is 13.6 Å². The van der Waals surface area contributed by atoms with Gasteiger partial charge in [-0.1, -0.05) is 0 Å². The maximum Gasteiger partial charge on any atom is 0.266 e. The lowest BCUT2D eigenvalue weighted by Crippen LogP contribution is -2.27. The Morgan fingerprint density at radius 2 is 1.00 bits per heavy atom. The molecule has 0 heterocycles. The quantitative estimate of drug-likeness (QED) is 0.529. The second-order valence-electron chi connectivity index (χ2n) is 5.27. The summed E-state index contributed by atoms with van der Waals surface area (Å²) >= 11 is 0. The Kier molecular flexibility index (Phi) is 4.67. The van der Waals surface area contributed by atoms with E-state index in [0.717, 1.165) is 0 Å². The fourth-order valence-corrected chi connectivity index (χ4v) is 2.30. The summed E-state index contributed by atoms with van der Waals surface area (Å²) < 4.78 is 16.3. The second-order valence-corrected chi connectivity index (χ2v) is 14.1. The lowest BCUT2D eigenvalue weighted by molar-refractivity contribution is 0.0862. The van der Waals surface area contributed by atoms with E-state index in [1.165, 1.54) is 0 Å². The molecule has 0 aromatic carbocycles. The van der Waals surface area contributed by atoms with E-state index in [2.05, 4.69) is 52.4 Å². The molecule has 0 aliphatic rings. The van der Waals surface area contributed by atoms with Gasteiger partial charge >= 0.3 is 0 Å². The van der Waals surface area contributed by atoms with Gasteiger partial charge in [0, 0.05) is 0 Å². The van der Waals surface area contributed by atoms with Crippen molar-refractivity contribution < 1.29 is 13.6 Å². The van der Waals surface area contributed by atoms with Gasteiger partial charge in [0.15, 0.2) is 0 Å². The molecule has 0 N–H and O–H groups in total. The van der Waals surface area contributed by atoms with Crippen LogP contribution in [0.2, 0.25) is 39.3 Å². The molecule has 0 aliphatic carbocycles. The minimum absolute atomic E-state index is 0.275. The molecule has 0 amide bonds. The van der Waals surface area contributed by atoms with Crippen LogP contribution in [0.4, 0.5) is 0 Å². The molecule has 5 heteroatoms. The van der Waals surface area contributed by atoms with Gasteiger partial charge in [0.2, 0.25) is 16.6 Å². The maximum absolute atomic E-state index is 5.52. The number of ether oxygens (including phenoxy) is 1. The molecule has 0 saturated carbocycles. The highest BCUT2D eigenvalue weighted by atomic mass is 28.4. The third-order valence-electron chi connectivity index (χ3n) is 1.07. The highest BCUT2D eigenvalue weighted by Gasteiger charge is 2.21. The summed E-state index contributed by atoms with van der Waals surface area (Å²) in [6, 6.07) is 0. The molecule has 0 atom stereocenters. The van der Waals surface area contributed by atoms with Crippen LogP contribution >= 0.6 is 0 Å². The largest absolute Gasteiger partial charge is 0.520 e. The zero-order valence-corrected chi connectivity index (χ0v) is 12.6. The molecule has 0 saturated heterocycles. The van der Waals surface area contributed by atoms with Gasteiger partial charge in [-0.05, 0) is 52.4 Å². The van der Waals surface area contributed by atoms with E-state index in [1.54, 1.807) is 0 Å². The Morgan fingerprint density at radius 1 is 0.733 bits per heavy atom. The predicted molar refractivity (Wildman–Crippen MR) is 68.2 cm³/mol. The maximum atomic E-state index is 5.52. The summed E-state index contributed by atoms with van der Waals surface area (Å²) in [6.45, 7) is 19.7. The Labute approximate surface area is 95.0 Å². The summed E-state index contributed by atoms with van der Waals surface area (Å²) in [7, 11) is -3.31. The molecule has 0 bridgehead atoms. The van der Waals surface area contributed by atoms with E-state index in [-0.39, 0.29) is 11.9 Å². The first-order chi connectivity index (χ1) is 6.49. The van der Waals surface area contributed by atoms with Gasteiger partial charge in [-0.3, -0.25) is 0 Å². The summed E-state index contributed by atoms with van der Waals surface area (Å²) in [5.41, 5.74) is 0. The van der Waals surface area contributed by atoms with Crippen LogP contribution in [0.25, 0.3) is 0 Å². The van der Waals surface area contributed by atoms with Crippen LogP contribution in [0.3, 0.4) is 0 Å². The highest BCUT2D eigenvalue weighted by molar-refractivity contribution is 6.70. The molecule has 3 nitrogen and oxygen atoms in total. The van der Waals surface area contributed by atoms with Gasteiger partial charge in [0.1, 0.15) is 0 Å². The van der Waals surface area contributed by atoms with Crippen molar-refractivity contribution in [1.82, 2.24) is 0 Å². The molecule has 0 rings (SSSR count).